The fraction of sp³-hybridized carbons (Fsp3) is 0.500. The van der Waals surface area contributed by atoms with Crippen molar-refractivity contribution in [3.05, 3.63) is 47.4 Å². The van der Waals surface area contributed by atoms with Crippen molar-refractivity contribution in [3.63, 3.8) is 0 Å². The monoisotopic (exact) mass is 291 g/mol. The van der Waals surface area contributed by atoms with Gasteiger partial charge in [-0.3, -0.25) is 0 Å². The summed E-state index contributed by atoms with van der Waals surface area (Å²) >= 11 is 0. The fourth-order valence-corrected chi connectivity index (χ4v) is 1.98. The van der Waals surface area contributed by atoms with E-state index in [2.05, 4.69) is 10.1 Å². The van der Waals surface area contributed by atoms with Crippen LogP contribution in [0.2, 0.25) is 0 Å². The van der Waals surface area contributed by atoms with Crippen LogP contribution in [0, 0.1) is 11.2 Å². The van der Waals surface area contributed by atoms with Crippen LogP contribution in [-0.2, 0) is 5.41 Å². The zero-order chi connectivity index (χ0) is 15.8. The van der Waals surface area contributed by atoms with Gasteiger partial charge in [0, 0.05) is 0 Å². The van der Waals surface area contributed by atoms with Crippen LogP contribution in [0.25, 0.3) is 0 Å². The molecule has 0 fully saturated rings. The number of nitrogens with zero attached hydrogens (tertiary/aromatic N) is 2. The molecule has 0 saturated carbocycles. The summed E-state index contributed by atoms with van der Waals surface area (Å²) in [6.45, 7) is 10.0. The quantitative estimate of drug-likeness (QED) is 0.938. The molecule has 0 bridgehead atoms. The van der Waals surface area contributed by atoms with E-state index in [0.717, 1.165) is 5.56 Å². The number of rotatable bonds is 3. The Morgan fingerprint density at radius 1 is 1.10 bits per heavy atom. The van der Waals surface area contributed by atoms with Gasteiger partial charge in [-0.15, -0.1) is 0 Å². The Hall–Kier alpha value is -1.75. The van der Waals surface area contributed by atoms with E-state index in [1.54, 1.807) is 12.1 Å². The minimum atomic E-state index is -0.479. The zero-order valence-electron chi connectivity index (χ0n) is 13.1. The van der Waals surface area contributed by atoms with Gasteiger partial charge in [-0.25, -0.2) is 4.39 Å². The summed E-state index contributed by atoms with van der Waals surface area (Å²) in [6, 6.07) is 5.99. The van der Waals surface area contributed by atoms with Crippen LogP contribution in [0.3, 0.4) is 0 Å². The van der Waals surface area contributed by atoms with Crippen molar-refractivity contribution in [1.82, 2.24) is 10.1 Å². The molecule has 0 radical (unpaired) electrons. The van der Waals surface area contributed by atoms with Crippen molar-refractivity contribution in [2.75, 3.05) is 0 Å². The maximum absolute atomic E-state index is 13.1. The molecule has 0 aliphatic heterocycles. The zero-order valence-corrected chi connectivity index (χ0v) is 13.1. The highest BCUT2D eigenvalue weighted by Gasteiger charge is 2.32. The summed E-state index contributed by atoms with van der Waals surface area (Å²) in [5.74, 6) is 0.703. The van der Waals surface area contributed by atoms with E-state index in [4.69, 9.17) is 10.3 Å². The molecule has 1 aromatic heterocycles. The molecular weight excluding hydrogens is 269 g/mol. The fourth-order valence-electron chi connectivity index (χ4n) is 1.98. The maximum atomic E-state index is 13.1. The Bertz CT molecular complexity index is 611. The Morgan fingerprint density at radius 3 is 2.19 bits per heavy atom. The standard InChI is InChI=1S/C16H22FN3O/c1-15(2,3)12(18)13-19-14(20-21-13)16(4,5)10-6-8-11(17)9-7-10/h6-9,12H,18H2,1-5H3/t12-/m0/s1. The van der Waals surface area contributed by atoms with Gasteiger partial charge in [-0.2, -0.15) is 4.98 Å². The first-order chi connectivity index (χ1) is 9.62. The number of benzene rings is 1. The van der Waals surface area contributed by atoms with E-state index in [0.29, 0.717) is 11.7 Å². The topological polar surface area (TPSA) is 64.9 Å². The molecule has 0 amide bonds. The van der Waals surface area contributed by atoms with Crippen molar-refractivity contribution in [2.45, 2.75) is 46.1 Å². The van der Waals surface area contributed by atoms with Gasteiger partial charge >= 0.3 is 0 Å². The molecular formula is C16H22FN3O. The number of nitrogens with two attached hydrogens (primary N) is 1. The molecule has 0 aliphatic carbocycles. The smallest absolute Gasteiger partial charge is 0.244 e. The van der Waals surface area contributed by atoms with E-state index in [9.17, 15) is 4.39 Å². The molecule has 114 valence electrons. The van der Waals surface area contributed by atoms with Gasteiger partial charge in [0.05, 0.1) is 11.5 Å². The van der Waals surface area contributed by atoms with Gasteiger partial charge in [-0.1, -0.05) is 38.1 Å². The van der Waals surface area contributed by atoms with Crippen molar-refractivity contribution in [2.24, 2.45) is 11.1 Å². The predicted molar refractivity (Wildman–Crippen MR) is 79.2 cm³/mol. The van der Waals surface area contributed by atoms with Crippen molar-refractivity contribution >= 4 is 0 Å². The molecule has 1 atom stereocenters. The number of aromatic nitrogens is 2. The Morgan fingerprint density at radius 2 is 1.67 bits per heavy atom. The normalized spacial score (nSPS) is 14.2. The molecule has 0 spiro atoms. The van der Waals surface area contributed by atoms with Gasteiger partial charge in [0.15, 0.2) is 5.82 Å². The van der Waals surface area contributed by atoms with Gasteiger partial charge in [0.2, 0.25) is 5.89 Å². The lowest BCUT2D eigenvalue weighted by Gasteiger charge is -2.23. The third-order valence-corrected chi connectivity index (χ3v) is 3.77. The SMILES string of the molecule is CC(C)(c1ccc(F)cc1)c1noc([C@H](N)C(C)(C)C)n1. The lowest BCUT2D eigenvalue weighted by atomic mass is 9.83. The summed E-state index contributed by atoms with van der Waals surface area (Å²) in [4.78, 5) is 4.45. The van der Waals surface area contributed by atoms with Crippen molar-refractivity contribution in [1.29, 1.82) is 0 Å². The molecule has 0 unspecified atom stereocenters. The molecule has 1 aromatic carbocycles. The summed E-state index contributed by atoms with van der Waals surface area (Å²) in [7, 11) is 0. The molecule has 1 heterocycles. The second-order valence-electron chi connectivity index (χ2n) is 6.93. The van der Waals surface area contributed by atoms with Crippen LogP contribution in [0.15, 0.2) is 28.8 Å². The van der Waals surface area contributed by atoms with Gasteiger partial charge in [0.25, 0.3) is 0 Å². The van der Waals surface area contributed by atoms with E-state index in [1.165, 1.54) is 12.1 Å². The third kappa shape index (κ3) is 3.13. The van der Waals surface area contributed by atoms with Crippen LogP contribution >= 0.6 is 0 Å². The summed E-state index contributed by atoms with van der Waals surface area (Å²) < 4.78 is 18.4. The van der Waals surface area contributed by atoms with Crippen molar-refractivity contribution in [3.8, 4) is 0 Å². The van der Waals surface area contributed by atoms with Crippen LogP contribution in [-0.4, -0.2) is 10.1 Å². The molecule has 4 nitrogen and oxygen atoms in total. The number of hydrogen-bond acceptors (Lipinski definition) is 4. The minimum absolute atomic E-state index is 0.163. The van der Waals surface area contributed by atoms with E-state index < -0.39 is 5.41 Å². The van der Waals surface area contributed by atoms with Crippen LogP contribution < -0.4 is 5.73 Å². The molecule has 5 heteroatoms. The van der Waals surface area contributed by atoms with Crippen molar-refractivity contribution < 1.29 is 8.91 Å². The molecule has 0 aliphatic rings. The van der Waals surface area contributed by atoms with Crippen LogP contribution in [0.1, 0.15) is 57.9 Å². The van der Waals surface area contributed by atoms with Crippen LogP contribution in [0.4, 0.5) is 4.39 Å². The molecule has 0 saturated heterocycles. The Labute approximate surface area is 124 Å². The average Bonchev–Trinajstić information content (AvgIpc) is 2.87. The molecule has 2 aromatic rings. The summed E-state index contributed by atoms with van der Waals surface area (Å²) in [5.41, 5.74) is 6.42. The Balaban J connectivity index is 2.34. The molecule has 2 rings (SSSR count). The lowest BCUT2D eigenvalue weighted by Crippen LogP contribution is -2.27. The highest BCUT2D eigenvalue weighted by molar-refractivity contribution is 5.30. The van der Waals surface area contributed by atoms with E-state index in [1.807, 2.05) is 34.6 Å². The Kier molecular flexibility index (Phi) is 3.89. The first-order valence-corrected chi connectivity index (χ1v) is 6.98. The van der Waals surface area contributed by atoms with E-state index in [-0.39, 0.29) is 17.3 Å². The van der Waals surface area contributed by atoms with Gasteiger partial charge in [0.1, 0.15) is 5.82 Å². The van der Waals surface area contributed by atoms with Crippen LogP contribution in [0.5, 0.6) is 0 Å². The minimum Gasteiger partial charge on any atom is -0.338 e. The first kappa shape index (κ1) is 15.6. The second-order valence-corrected chi connectivity index (χ2v) is 6.93. The summed E-state index contributed by atoms with van der Waals surface area (Å²) in [6.07, 6.45) is 0. The number of halogens is 1. The van der Waals surface area contributed by atoms with Gasteiger partial charge in [-0.05, 0) is 37.0 Å². The summed E-state index contributed by atoms with van der Waals surface area (Å²) in [5, 5.41) is 4.06. The van der Waals surface area contributed by atoms with Gasteiger partial charge < -0.3 is 10.3 Å². The third-order valence-electron chi connectivity index (χ3n) is 3.77. The molecule has 21 heavy (non-hydrogen) atoms. The maximum Gasteiger partial charge on any atom is 0.244 e. The second kappa shape index (κ2) is 5.22. The average molecular weight is 291 g/mol. The lowest BCUT2D eigenvalue weighted by molar-refractivity contribution is 0.251. The highest BCUT2D eigenvalue weighted by atomic mass is 19.1. The largest absolute Gasteiger partial charge is 0.338 e. The highest BCUT2D eigenvalue weighted by Crippen LogP contribution is 2.33. The number of hydrogen-bond donors (Lipinski definition) is 1. The predicted octanol–water partition coefficient (Wildman–Crippen LogP) is 3.58. The van der Waals surface area contributed by atoms with E-state index >= 15 is 0 Å². The molecule has 2 N–H and O–H groups in total. The first-order valence-electron chi connectivity index (χ1n) is 6.98.